The molecule has 7 heteroatoms. The number of unbranched alkanes of at least 4 members (excludes halogenated alkanes) is 7. The summed E-state index contributed by atoms with van der Waals surface area (Å²) in [5, 5.41) is 9.08. The van der Waals surface area contributed by atoms with Gasteiger partial charge in [0.1, 0.15) is 0 Å². The lowest BCUT2D eigenvalue weighted by atomic mass is 10.1. The molecule has 0 spiro atoms. The molecule has 0 bridgehead atoms. The zero-order valence-corrected chi connectivity index (χ0v) is 15.1. The van der Waals surface area contributed by atoms with Crippen LogP contribution in [0.25, 0.3) is 0 Å². The quantitative estimate of drug-likeness (QED) is 0.309. The number of carboxylic acid groups (broad SMARTS) is 1. The summed E-state index contributed by atoms with van der Waals surface area (Å²) >= 11 is 0. The van der Waals surface area contributed by atoms with Gasteiger partial charge in [-0.3, -0.25) is 14.2 Å². The molecule has 6 nitrogen and oxygen atoms in total. The summed E-state index contributed by atoms with van der Waals surface area (Å²) in [6.07, 6.45) is 8.49. The molecule has 0 fully saturated rings. The highest BCUT2D eigenvalue weighted by Crippen LogP contribution is 2.44. The van der Waals surface area contributed by atoms with Crippen molar-refractivity contribution in [2.75, 3.05) is 12.3 Å². The van der Waals surface area contributed by atoms with E-state index in [-0.39, 0.29) is 25.2 Å². The molecule has 0 saturated heterocycles. The summed E-state index contributed by atoms with van der Waals surface area (Å²) in [6, 6.07) is 0. The van der Waals surface area contributed by atoms with Crippen molar-refractivity contribution in [1.29, 1.82) is 0 Å². The molecule has 2 atom stereocenters. The van der Waals surface area contributed by atoms with Crippen LogP contribution in [-0.4, -0.2) is 34.2 Å². The Kier molecular flexibility index (Phi) is 12.1. The molecule has 136 valence electrons. The SMILES string of the molecule is CCCCCCCCCCP(=O)(O)CC(CCC(N)=O)C(=O)O. The van der Waals surface area contributed by atoms with Crippen LogP contribution >= 0.6 is 7.37 Å². The summed E-state index contributed by atoms with van der Waals surface area (Å²) in [6.45, 7) is 2.17. The van der Waals surface area contributed by atoms with E-state index < -0.39 is 25.2 Å². The van der Waals surface area contributed by atoms with Crippen LogP contribution in [0.3, 0.4) is 0 Å². The van der Waals surface area contributed by atoms with Gasteiger partial charge in [0.2, 0.25) is 13.3 Å². The number of amides is 1. The summed E-state index contributed by atoms with van der Waals surface area (Å²) in [5.41, 5.74) is 5.00. The Labute approximate surface area is 139 Å². The molecule has 4 N–H and O–H groups in total. The summed E-state index contributed by atoms with van der Waals surface area (Å²) < 4.78 is 12.1. The van der Waals surface area contributed by atoms with Crippen molar-refractivity contribution in [1.82, 2.24) is 0 Å². The van der Waals surface area contributed by atoms with Gasteiger partial charge >= 0.3 is 5.97 Å². The van der Waals surface area contributed by atoms with Gasteiger partial charge in [-0.25, -0.2) is 0 Å². The number of hydrogen-bond acceptors (Lipinski definition) is 3. The summed E-state index contributed by atoms with van der Waals surface area (Å²) in [4.78, 5) is 31.8. The first-order chi connectivity index (χ1) is 10.8. The number of carbonyl (C=O) groups is 2. The Bertz CT molecular complexity index is 400. The van der Waals surface area contributed by atoms with Crippen molar-refractivity contribution in [3.63, 3.8) is 0 Å². The van der Waals surface area contributed by atoms with Crippen LogP contribution < -0.4 is 5.73 Å². The van der Waals surface area contributed by atoms with Crippen LogP contribution in [0.5, 0.6) is 0 Å². The number of rotatable bonds is 15. The maximum Gasteiger partial charge on any atom is 0.307 e. The van der Waals surface area contributed by atoms with Crippen molar-refractivity contribution >= 4 is 19.2 Å². The fourth-order valence-electron chi connectivity index (χ4n) is 2.54. The second-order valence-corrected chi connectivity index (χ2v) is 8.77. The molecule has 0 aromatic heterocycles. The van der Waals surface area contributed by atoms with Crippen molar-refractivity contribution < 1.29 is 24.2 Å². The second kappa shape index (κ2) is 12.5. The zero-order valence-electron chi connectivity index (χ0n) is 14.2. The molecule has 0 aliphatic rings. The number of nitrogens with two attached hydrogens (primary N) is 1. The van der Waals surface area contributed by atoms with Crippen LogP contribution in [0.1, 0.15) is 71.1 Å². The van der Waals surface area contributed by atoms with Gasteiger partial charge in [-0.1, -0.05) is 51.9 Å². The van der Waals surface area contributed by atoms with E-state index in [4.69, 9.17) is 10.8 Å². The highest BCUT2D eigenvalue weighted by molar-refractivity contribution is 7.58. The largest absolute Gasteiger partial charge is 0.481 e. The lowest BCUT2D eigenvalue weighted by molar-refractivity contribution is -0.141. The minimum atomic E-state index is -3.46. The number of primary amides is 1. The molecule has 1 amide bonds. The third-order valence-electron chi connectivity index (χ3n) is 3.96. The number of hydrogen-bond donors (Lipinski definition) is 3. The monoisotopic (exact) mass is 349 g/mol. The van der Waals surface area contributed by atoms with E-state index in [1.54, 1.807) is 0 Å². The molecule has 0 aromatic carbocycles. The smallest absolute Gasteiger partial charge is 0.307 e. The van der Waals surface area contributed by atoms with E-state index in [0.717, 1.165) is 19.3 Å². The molecule has 2 unspecified atom stereocenters. The standard InChI is InChI=1S/C16H32NO5P/c1-2-3-4-5-6-7-8-9-12-23(21,22)13-14(16(19)20)10-11-15(17)18/h14H,2-13H2,1H3,(H2,17,18)(H,19,20)(H,21,22). The third-order valence-corrected chi connectivity index (χ3v) is 5.98. The number of aliphatic carboxylic acids is 1. The third kappa shape index (κ3) is 13.3. The van der Waals surface area contributed by atoms with Gasteiger partial charge in [0.15, 0.2) is 0 Å². The molecule has 0 saturated carbocycles. The van der Waals surface area contributed by atoms with Crippen molar-refractivity contribution in [2.24, 2.45) is 11.7 Å². The van der Waals surface area contributed by atoms with Gasteiger partial charge in [-0.05, 0) is 12.8 Å². The predicted octanol–water partition coefficient (Wildman–Crippen LogP) is 3.36. The lowest BCUT2D eigenvalue weighted by Crippen LogP contribution is -2.22. The van der Waals surface area contributed by atoms with Crippen molar-refractivity contribution in [3.8, 4) is 0 Å². The van der Waals surface area contributed by atoms with Gasteiger partial charge in [-0.15, -0.1) is 0 Å². The molecule has 0 rings (SSSR count). The maximum absolute atomic E-state index is 12.1. The van der Waals surface area contributed by atoms with Gasteiger partial charge in [-0.2, -0.15) is 0 Å². The fourth-order valence-corrected chi connectivity index (χ4v) is 4.47. The van der Waals surface area contributed by atoms with Crippen LogP contribution in [0.2, 0.25) is 0 Å². The minimum Gasteiger partial charge on any atom is -0.481 e. The van der Waals surface area contributed by atoms with E-state index in [2.05, 4.69) is 6.92 Å². The summed E-state index contributed by atoms with van der Waals surface area (Å²) in [5.74, 6) is -2.71. The van der Waals surface area contributed by atoms with Crippen molar-refractivity contribution in [2.45, 2.75) is 71.1 Å². The normalized spacial score (nSPS) is 15.0. The molecule has 0 aliphatic carbocycles. The highest BCUT2D eigenvalue weighted by atomic mass is 31.2. The Hall–Kier alpha value is -0.870. The molecule has 0 aliphatic heterocycles. The fraction of sp³-hybridized carbons (Fsp3) is 0.875. The predicted molar refractivity (Wildman–Crippen MR) is 91.7 cm³/mol. The van der Waals surface area contributed by atoms with Gasteiger partial charge in [0.25, 0.3) is 0 Å². The molecular weight excluding hydrogens is 317 g/mol. The molecule has 0 radical (unpaired) electrons. The maximum atomic E-state index is 12.1. The average molecular weight is 349 g/mol. The number of carbonyl (C=O) groups excluding carboxylic acids is 1. The molecule has 0 heterocycles. The Balaban J connectivity index is 3.98. The van der Waals surface area contributed by atoms with Gasteiger partial charge < -0.3 is 15.7 Å². The van der Waals surface area contributed by atoms with Gasteiger partial charge in [0, 0.05) is 18.7 Å². The minimum absolute atomic E-state index is 0.0205. The van der Waals surface area contributed by atoms with Gasteiger partial charge in [0.05, 0.1) is 5.92 Å². The Morgan fingerprint density at radius 3 is 2.04 bits per heavy atom. The Morgan fingerprint density at radius 2 is 1.57 bits per heavy atom. The van der Waals surface area contributed by atoms with Crippen molar-refractivity contribution in [3.05, 3.63) is 0 Å². The number of carboxylic acids is 1. The Morgan fingerprint density at radius 1 is 1.04 bits per heavy atom. The van der Waals surface area contributed by atoms with Crippen LogP contribution in [0.15, 0.2) is 0 Å². The van der Waals surface area contributed by atoms with E-state index in [9.17, 15) is 19.0 Å². The first-order valence-electron chi connectivity index (χ1n) is 8.60. The molecular formula is C16H32NO5P. The van der Waals surface area contributed by atoms with Crippen LogP contribution in [0, 0.1) is 5.92 Å². The molecule has 23 heavy (non-hydrogen) atoms. The summed E-state index contributed by atoms with van der Waals surface area (Å²) in [7, 11) is -3.46. The highest BCUT2D eigenvalue weighted by Gasteiger charge is 2.28. The molecule has 0 aromatic rings. The average Bonchev–Trinajstić information content (AvgIpc) is 2.45. The van der Waals surface area contributed by atoms with E-state index in [0.29, 0.717) is 6.42 Å². The zero-order chi connectivity index (χ0) is 17.7. The van der Waals surface area contributed by atoms with Crippen LogP contribution in [-0.2, 0) is 14.2 Å². The van der Waals surface area contributed by atoms with E-state index in [1.807, 2.05) is 0 Å². The first-order valence-corrected chi connectivity index (χ1v) is 10.6. The first kappa shape index (κ1) is 22.1. The van der Waals surface area contributed by atoms with Crippen LogP contribution in [0.4, 0.5) is 0 Å². The second-order valence-electron chi connectivity index (χ2n) is 6.27. The lowest BCUT2D eigenvalue weighted by Gasteiger charge is -2.16. The van der Waals surface area contributed by atoms with E-state index >= 15 is 0 Å². The topological polar surface area (TPSA) is 118 Å². The van der Waals surface area contributed by atoms with E-state index in [1.165, 1.54) is 25.7 Å².